The lowest BCUT2D eigenvalue weighted by molar-refractivity contribution is -0.129. The molecule has 0 radical (unpaired) electrons. The summed E-state index contributed by atoms with van der Waals surface area (Å²) in [7, 11) is -0.842. The molecule has 1 aliphatic heterocycles. The Balaban J connectivity index is 1.63. The Morgan fingerprint density at radius 2 is 1.69 bits per heavy atom. The van der Waals surface area contributed by atoms with Crippen LogP contribution in [-0.4, -0.2) is 69.7 Å². The highest BCUT2D eigenvalue weighted by atomic mass is 32.2. The van der Waals surface area contributed by atoms with Gasteiger partial charge in [0.25, 0.3) is 0 Å². The first-order valence-corrected chi connectivity index (χ1v) is 11.6. The van der Waals surface area contributed by atoms with Crippen LogP contribution in [0.15, 0.2) is 58.3 Å². The SMILES string of the molecule is COc1ccc(OC)c(S(=O)(=O)N2CCN(C(=O)CSc3ccccc3)CC2)c1. The number of hydrogen-bond donors (Lipinski definition) is 0. The number of sulfonamides is 1. The molecule has 9 heteroatoms. The molecule has 3 rings (SSSR count). The van der Waals surface area contributed by atoms with E-state index in [1.807, 2.05) is 30.3 Å². The highest BCUT2D eigenvalue weighted by Crippen LogP contribution is 2.31. The van der Waals surface area contributed by atoms with Crippen molar-refractivity contribution >= 4 is 27.7 Å². The fourth-order valence-corrected chi connectivity index (χ4v) is 5.47. The third-order valence-electron chi connectivity index (χ3n) is 4.69. The minimum atomic E-state index is -3.76. The van der Waals surface area contributed by atoms with Crippen LogP contribution < -0.4 is 9.47 Å². The van der Waals surface area contributed by atoms with Crippen LogP contribution in [0.3, 0.4) is 0 Å². The van der Waals surface area contributed by atoms with Gasteiger partial charge in [0.15, 0.2) is 0 Å². The van der Waals surface area contributed by atoms with Crippen LogP contribution in [0.2, 0.25) is 0 Å². The number of piperazine rings is 1. The van der Waals surface area contributed by atoms with Gasteiger partial charge in [-0.15, -0.1) is 11.8 Å². The quantitative estimate of drug-likeness (QED) is 0.620. The van der Waals surface area contributed by atoms with Crippen molar-refractivity contribution in [1.82, 2.24) is 9.21 Å². The number of methoxy groups -OCH3 is 2. The summed E-state index contributed by atoms with van der Waals surface area (Å²) in [4.78, 5) is 15.3. The molecule has 1 aliphatic rings. The maximum absolute atomic E-state index is 13.1. The average Bonchev–Trinajstić information content (AvgIpc) is 2.77. The Morgan fingerprint density at radius 3 is 2.31 bits per heavy atom. The zero-order valence-corrected chi connectivity index (χ0v) is 18.0. The molecule has 29 heavy (non-hydrogen) atoms. The van der Waals surface area contributed by atoms with Crippen LogP contribution in [0.25, 0.3) is 0 Å². The van der Waals surface area contributed by atoms with Gasteiger partial charge < -0.3 is 14.4 Å². The Morgan fingerprint density at radius 1 is 1.00 bits per heavy atom. The second-order valence-electron chi connectivity index (χ2n) is 6.40. The summed E-state index contributed by atoms with van der Waals surface area (Å²) < 4.78 is 38.0. The van der Waals surface area contributed by atoms with Gasteiger partial charge in [0, 0.05) is 37.1 Å². The summed E-state index contributed by atoms with van der Waals surface area (Å²) in [5, 5.41) is 0. The van der Waals surface area contributed by atoms with Crippen molar-refractivity contribution in [2.45, 2.75) is 9.79 Å². The molecule has 2 aromatic rings. The van der Waals surface area contributed by atoms with E-state index in [0.717, 1.165) is 4.90 Å². The lowest BCUT2D eigenvalue weighted by atomic mass is 10.3. The molecule has 0 aromatic heterocycles. The van der Waals surface area contributed by atoms with Gasteiger partial charge in [-0.05, 0) is 24.3 Å². The van der Waals surface area contributed by atoms with Crippen LogP contribution in [0.4, 0.5) is 0 Å². The topological polar surface area (TPSA) is 76.2 Å². The number of hydrogen-bond acceptors (Lipinski definition) is 6. The number of nitrogens with zero attached hydrogens (tertiary/aromatic N) is 2. The van der Waals surface area contributed by atoms with E-state index in [1.165, 1.54) is 36.4 Å². The second-order valence-corrected chi connectivity index (χ2v) is 9.36. The maximum atomic E-state index is 13.1. The van der Waals surface area contributed by atoms with E-state index in [9.17, 15) is 13.2 Å². The van der Waals surface area contributed by atoms with Crippen LogP contribution in [0.5, 0.6) is 11.5 Å². The summed E-state index contributed by atoms with van der Waals surface area (Å²) in [6.45, 7) is 1.20. The van der Waals surface area contributed by atoms with Gasteiger partial charge in [-0.1, -0.05) is 18.2 Å². The first kappa shape index (κ1) is 21.5. The zero-order valence-electron chi connectivity index (χ0n) is 16.4. The van der Waals surface area contributed by atoms with Gasteiger partial charge in [0.05, 0.1) is 20.0 Å². The van der Waals surface area contributed by atoms with Crippen molar-refractivity contribution in [3.8, 4) is 11.5 Å². The van der Waals surface area contributed by atoms with Gasteiger partial charge in [-0.3, -0.25) is 4.79 Å². The van der Waals surface area contributed by atoms with E-state index in [1.54, 1.807) is 17.0 Å². The fraction of sp³-hybridized carbons (Fsp3) is 0.350. The van der Waals surface area contributed by atoms with Gasteiger partial charge >= 0.3 is 0 Å². The fourth-order valence-electron chi connectivity index (χ4n) is 3.06. The van der Waals surface area contributed by atoms with Gasteiger partial charge in [0.1, 0.15) is 16.4 Å². The number of benzene rings is 2. The molecular weight excluding hydrogens is 412 g/mol. The first-order valence-electron chi connectivity index (χ1n) is 9.13. The summed E-state index contributed by atoms with van der Waals surface area (Å²) >= 11 is 1.48. The Labute approximate surface area is 175 Å². The molecule has 1 heterocycles. The van der Waals surface area contributed by atoms with Crippen molar-refractivity contribution in [3.63, 3.8) is 0 Å². The number of thioether (sulfide) groups is 1. The molecule has 0 bridgehead atoms. The van der Waals surface area contributed by atoms with Crippen LogP contribution in [-0.2, 0) is 14.8 Å². The predicted octanol–water partition coefficient (Wildman–Crippen LogP) is 2.33. The summed E-state index contributed by atoms with van der Waals surface area (Å²) in [5.41, 5.74) is 0. The molecule has 0 unspecified atom stereocenters. The summed E-state index contributed by atoms with van der Waals surface area (Å²) in [5.74, 6) is 1.05. The van der Waals surface area contributed by atoms with Crippen LogP contribution in [0, 0.1) is 0 Å². The molecule has 0 aliphatic carbocycles. The Hall–Kier alpha value is -2.23. The molecule has 0 spiro atoms. The van der Waals surface area contributed by atoms with Crippen molar-refractivity contribution in [1.29, 1.82) is 0 Å². The molecule has 0 saturated carbocycles. The standard InChI is InChI=1S/C20H24N2O5S2/c1-26-16-8-9-18(27-2)19(14-16)29(24,25)22-12-10-21(11-13-22)20(23)15-28-17-6-4-3-5-7-17/h3-9,14H,10-13,15H2,1-2H3. The second kappa shape index (κ2) is 9.51. The summed E-state index contributed by atoms with van der Waals surface area (Å²) in [6, 6.07) is 14.4. The van der Waals surface area contributed by atoms with Gasteiger partial charge in [-0.2, -0.15) is 4.31 Å². The molecule has 156 valence electrons. The highest BCUT2D eigenvalue weighted by molar-refractivity contribution is 8.00. The lowest BCUT2D eigenvalue weighted by Crippen LogP contribution is -2.51. The third kappa shape index (κ3) is 5.04. The van der Waals surface area contributed by atoms with E-state index in [0.29, 0.717) is 24.6 Å². The molecule has 2 aromatic carbocycles. The molecule has 1 amide bonds. The summed E-state index contributed by atoms with van der Waals surface area (Å²) in [6.07, 6.45) is 0. The van der Waals surface area contributed by atoms with Crippen molar-refractivity contribution in [2.24, 2.45) is 0 Å². The van der Waals surface area contributed by atoms with E-state index in [4.69, 9.17) is 9.47 Å². The Bertz CT molecular complexity index is 943. The van der Waals surface area contributed by atoms with E-state index < -0.39 is 10.0 Å². The number of rotatable bonds is 7. The van der Waals surface area contributed by atoms with Crippen molar-refractivity contribution in [2.75, 3.05) is 46.2 Å². The molecular formula is C20H24N2O5S2. The van der Waals surface area contributed by atoms with E-state index in [2.05, 4.69) is 0 Å². The third-order valence-corrected chi connectivity index (χ3v) is 7.60. The zero-order chi connectivity index (χ0) is 20.9. The first-order chi connectivity index (χ1) is 14.0. The van der Waals surface area contributed by atoms with E-state index >= 15 is 0 Å². The maximum Gasteiger partial charge on any atom is 0.247 e. The molecule has 1 fully saturated rings. The van der Waals surface area contributed by atoms with Gasteiger partial charge in [-0.25, -0.2) is 8.42 Å². The lowest BCUT2D eigenvalue weighted by Gasteiger charge is -2.34. The number of carbonyl (C=O) groups excluding carboxylic acids is 1. The minimum absolute atomic E-state index is 0.00913. The monoisotopic (exact) mass is 436 g/mol. The number of amides is 1. The Kier molecular flexibility index (Phi) is 7.05. The molecule has 7 nitrogen and oxygen atoms in total. The predicted molar refractivity (Wildman–Crippen MR) is 112 cm³/mol. The van der Waals surface area contributed by atoms with Crippen molar-refractivity contribution in [3.05, 3.63) is 48.5 Å². The van der Waals surface area contributed by atoms with Crippen LogP contribution >= 0.6 is 11.8 Å². The smallest absolute Gasteiger partial charge is 0.247 e. The normalized spacial score (nSPS) is 15.2. The highest BCUT2D eigenvalue weighted by Gasteiger charge is 2.32. The number of ether oxygens (including phenoxy) is 2. The minimum Gasteiger partial charge on any atom is -0.497 e. The largest absolute Gasteiger partial charge is 0.497 e. The van der Waals surface area contributed by atoms with Crippen LogP contribution in [0.1, 0.15) is 0 Å². The molecule has 1 saturated heterocycles. The molecule has 0 atom stereocenters. The van der Waals surface area contributed by atoms with E-state index in [-0.39, 0.29) is 29.6 Å². The van der Waals surface area contributed by atoms with Crippen molar-refractivity contribution < 1.29 is 22.7 Å². The average molecular weight is 437 g/mol. The van der Waals surface area contributed by atoms with Gasteiger partial charge in [0.2, 0.25) is 15.9 Å². The molecule has 0 N–H and O–H groups in total. The number of carbonyl (C=O) groups is 1.